The maximum absolute atomic E-state index is 11.0. The van der Waals surface area contributed by atoms with Crippen molar-refractivity contribution in [2.24, 2.45) is 5.10 Å². The zero-order chi connectivity index (χ0) is 12.5. The molecule has 0 radical (unpaired) electrons. The SMILES string of the molecule is CCOC(=O)NN=C(C)CCc1ccccc1. The summed E-state index contributed by atoms with van der Waals surface area (Å²) in [5.74, 6) is 0. The van der Waals surface area contributed by atoms with E-state index in [0.717, 1.165) is 18.6 Å². The molecule has 1 N–H and O–H groups in total. The van der Waals surface area contributed by atoms with Crippen molar-refractivity contribution in [3.63, 3.8) is 0 Å². The zero-order valence-electron chi connectivity index (χ0n) is 10.3. The third kappa shape index (κ3) is 5.70. The van der Waals surface area contributed by atoms with E-state index in [9.17, 15) is 4.79 Å². The molecular weight excluding hydrogens is 216 g/mol. The minimum atomic E-state index is -0.508. The predicted molar refractivity (Wildman–Crippen MR) is 68.0 cm³/mol. The number of hydrogen-bond acceptors (Lipinski definition) is 3. The number of rotatable bonds is 5. The number of ether oxygens (including phenoxy) is 1. The lowest BCUT2D eigenvalue weighted by atomic mass is 10.1. The monoisotopic (exact) mass is 234 g/mol. The lowest BCUT2D eigenvalue weighted by molar-refractivity contribution is 0.152. The molecule has 1 rings (SSSR count). The molecule has 0 aliphatic rings. The summed E-state index contributed by atoms with van der Waals surface area (Å²) in [5.41, 5.74) is 4.49. The average Bonchev–Trinajstić information content (AvgIpc) is 2.35. The average molecular weight is 234 g/mol. The van der Waals surface area contributed by atoms with Crippen LogP contribution in [0.5, 0.6) is 0 Å². The molecule has 0 bridgehead atoms. The molecule has 0 aromatic heterocycles. The maximum atomic E-state index is 11.0. The summed E-state index contributed by atoms with van der Waals surface area (Å²) < 4.78 is 4.70. The van der Waals surface area contributed by atoms with E-state index >= 15 is 0 Å². The summed E-state index contributed by atoms with van der Waals surface area (Å²) in [6, 6.07) is 10.2. The van der Waals surface area contributed by atoms with Crippen molar-refractivity contribution in [2.45, 2.75) is 26.7 Å². The molecule has 0 aliphatic carbocycles. The fourth-order valence-electron chi connectivity index (χ4n) is 1.33. The molecular formula is C13H18N2O2. The first-order valence-corrected chi connectivity index (χ1v) is 5.72. The molecule has 4 heteroatoms. The third-order valence-corrected chi connectivity index (χ3v) is 2.23. The molecule has 17 heavy (non-hydrogen) atoms. The fraction of sp³-hybridized carbons (Fsp3) is 0.385. The smallest absolute Gasteiger partial charge is 0.427 e. The van der Waals surface area contributed by atoms with Gasteiger partial charge in [-0.2, -0.15) is 5.10 Å². The maximum Gasteiger partial charge on any atom is 0.427 e. The largest absolute Gasteiger partial charge is 0.449 e. The summed E-state index contributed by atoms with van der Waals surface area (Å²) in [6.07, 6.45) is 1.23. The van der Waals surface area contributed by atoms with E-state index in [1.807, 2.05) is 25.1 Å². The van der Waals surface area contributed by atoms with Crippen molar-refractivity contribution in [3.8, 4) is 0 Å². The topological polar surface area (TPSA) is 50.7 Å². The van der Waals surface area contributed by atoms with Gasteiger partial charge in [-0.15, -0.1) is 0 Å². The number of benzene rings is 1. The molecule has 4 nitrogen and oxygen atoms in total. The van der Waals surface area contributed by atoms with Crippen LogP contribution in [0, 0.1) is 0 Å². The second-order valence-electron chi connectivity index (χ2n) is 3.66. The van der Waals surface area contributed by atoms with E-state index in [4.69, 9.17) is 4.74 Å². The van der Waals surface area contributed by atoms with Crippen LogP contribution in [0.2, 0.25) is 0 Å². The van der Waals surface area contributed by atoms with Crippen LogP contribution in [0.4, 0.5) is 4.79 Å². The van der Waals surface area contributed by atoms with Gasteiger partial charge >= 0.3 is 6.09 Å². The number of aryl methyl sites for hydroxylation is 1. The van der Waals surface area contributed by atoms with Crippen LogP contribution in [-0.2, 0) is 11.2 Å². The van der Waals surface area contributed by atoms with Crippen LogP contribution in [0.15, 0.2) is 35.4 Å². The molecule has 0 spiro atoms. The van der Waals surface area contributed by atoms with Crippen molar-refractivity contribution in [2.75, 3.05) is 6.61 Å². The van der Waals surface area contributed by atoms with Gasteiger partial charge in [-0.05, 0) is 32.3 Å². The van der Waals surface area contributed by atoms with E-state index in [-0.39, 0.29) is 0 Å². The Kier molecular flexibility index (Phi) is 5.79. The summed E-state index contributed by atoms with van der Waals surface area (Å²) in [7, 11) is 0. The number of nitrogens with one attached hydrogen (secondary N) is 1. The Morgan fingerprint density at radius 1 is 1.35 bits per heavy atom. The van der Waals surface area contributed by atoms with Crippen LogP contribution in [0.3, 0.4) is 0 Å². The van der Waals surface area contributed by atoms with Gasteiger partial charge in [0.05, 0.1) is 6.61 Å². The first kappa shape index (κ1) is 13.2. The molecule has 0 atom stereocenters. The van der Waals surface area contributed by atoms with E-state index in [2.05, 4.69) is 22.7 Å². The first-order valence-electron chi connectivity index (χ1n) is 5.72. The molecule has 0 aliphatic heterocycles. The van der Waals surface area contributed by atoms with Gasteiger partial charge in [0.1, 0.15) is 0 Å². The van der Waals surface area contributed by atoms with Crippen LogP contribution >= 0.6 is 0 Å². The number of amides is 1. The summed E-state index contributed by atoms with van der Waals surface area (Å²) in [4.78, 5) is 11.0. The van der Waals surface area contributed by atoms with E-state index in [1.54, 1.807) is 6.92 Å². The Morgan fingerprint density at radius 3 is 2.71 bits per heavy atom. The van der Waals surface area contributed by atoms with Gasteiger partial charge in [-0.1, -0.05) is 30.3 Å². The lowest BCUT2D eigenvalue weighted by Gasteiger charge is -2.03. The Balaban J connectivity index is 2.31. The Bertz CT molecular complexity index is 374. The zero-order valence-corrected chi connectivity index (χ0v) is 10.3. The molecule has 0 unspecified atom stereocenters. The Morgan fingerprint density at radius 2 is 2.06 bits per heavy atom. The van der Waals surface area contributed by atoms with Gasteiger partial charge in [-0.3, -0.25) is 0 Å². The predicted octanol–water partition coefficient (Wildman–Crippen LogP) is 2.74. The van der Waals surface area contributed by atoms with E-state index in [1.165, 1.54) is 5.56 Å². The van der Waals surface area contributed by atoms with Crippen molar-refractivity contribution < 1.29 is 9.53 Å². The van der Waals surface area contributed by atoms with Crippen molar-refractivity contribution in [3.05, 3.63) is 35.9 Å². The third-order valence-electron chi connectivity index (χ3n) is 2.23. The number of nitrogens with zero attached hydrogens (tertiary/aromatic N) is 1. The van der Waals surface area contributed by atoms with Crippen molar-refractivity contribution in [1.82, 2.24) is 5.43 Å². The Hall–Kier alpha value is -1.84. The molecule has 0 heterocycles. The highest BCUT2D eigenvalue weighted by atomic mass is 16.5. The van der Waals surface area contributed by atoms with E-state index in [0.29, 0.717) is 6.61 Å². The van der Waals surface area contributed by atoms with Crippen LogP contribution in [0.25, 0.3) is 0 Å². The summed E-state index contributed by atoms with van der Waals surface area (Å²) in [6.45, 7) is 3.99. The molecule has 0 saturated carbocycles. The van der Waals surface area contributed by atoms with Gasteiger partial charge in [-0.25, -0.2) is 10.2 Å². The summed E-state index contributed by atoms with van der Waals surface area (Å²) in [5, 5.41) is 3.95. The first-order chi connectivity index (χ1) is 8.22. The number of carbonyl (C=O) groups is 1. The highest BCUT2D eigenvalue weighted by Crippen LogP contribution is 2.02. The van der Waals surface area contributed by atoms with Crippen molar-refractivity contribution in [1.29, 1.82) is 0 Å². The van der Waals surface area contributed by atoms with Crippen LogP contribution in [-0.4, -0.2) is 18.4 Å². The summed E-state index contributed by atoms with van der Waals surface area (Å²) >= 11 is 0. The molecule has 92 valence electrons. The minimum Gasteiger partial charge on any atom is -0.449 e. The van der Waals surface area contributed by atoms with E-state index < -0.39 is 6.09 Å². The van der Waals surface area contributed by atoms with Gasteiger partial charge < -0.3 is 4.74 Å². The van der Waals surface area contributed by atoms with Crippen molar-refractivity contribution >= 4 is 11.8 Å². The second kappa shape index (κ2) is 7.44. The Labute approximate surface area is 102 Å². The van der Waals surface area contributed by atoms with Gasteiger partial charge in [0.15, 0.2) is 0 Å². The normalized spacial score (nSPS) is 11.1. The van der Waals surface area contributed by atoms with Gasteiger partial charge in [0, 0.05) is 5.71 Å². The van der Waals surface area contributed by atoms with Crippen LogP contribution in [0.1, 0.15) is 25.8 Å². The molecule has 0 saturated heterocycles. The second-order valence-corrected chi connectivity index (χ2v) is 3.66. The lowest BCUT2D eigenvalue weighted by Crippen LogP contribution is -2.20. The molecule has 1 aromatic rings. The molecule has 0 fully saturated rings. The van der Waals surface area contributed by atoms with Gasteiger partial charge in [0.2, 0.25) is 0 Å². The number of carbonyl (C=O) groups excluding carboxylic acids is 1. The molecule has 1 amide bonds. The highest BCUT2D eigenvalue weighted by Gasteiger charge is 1.99. The number of hydrazone groups is 1. The minimum absolute atomic E-state index is 0.352. The standard InChI is InChI=1S/C13H18N2O2/c1-3-17-13(16)15-14-11(2)9-10-12-7-5-4-6-8-12/h4-8H,3,9-10H2,1-2H3,(H,15,16). The highest BCUT2D eigenvalue weighted by molar-refractivity contribution is 5.83. The number of hydrogen-bond donors (Lipinski definition) is 1. The van der Waals surface area contributed by atoms with Gasteiger partial charge in [0.25, 0.3) is 0 Å². The van der Waals surface area contributed by atoms with Crippen LogP contribution < -0.4 is 5.43 Å². The quantitative estimate of drug-likeness (QED) is 0.629. The fourth-order valence-corrected chi connectivity index (χ4v) is 1.33. The molecule has 1 aromatic carbocycles.